The van der Waals surface area contributed by atoms with Crippen LogP contribution in [-0.4, -0.2) is 22.7 Å². The largest absolute Gasteiger partial charge is 0.504 e. The summed E-state index contributed by atoms with van der Waals surface area (Å²) in [5.41, 5.74) is 1.85. The molecule has 1 heterocycles. The van der Waals surface area contributed by atoms with Gasteiger partial charge >= 0.3 is 0 Å². The van der Waals surface area contributed by atoms with Crippen LogP contribution < -0.4 is 14.8 Å². The molecule has 2 aromatic carbocycles. The maximum Gasteiger partial charge on any atom is 0.220 e. The number of nitrogens with one attached hydrogen (secondary N) is 1. The van der Waals surface area contributed by atoms with Crippen molar-refractivity contribution < 1.29 is 19.4 Å². The lowest BCUT2D eigenvalue weighted by Crippen LogP contribution is -2.49. The molecular formula is C26H31NO4. The first-order valence-electron chi connectivity index (χ1n) is 11.7. The Labute approximate surface area is 183 Å². The van der Waals surface area contributed by atoms with Gasteiger partial charge in [0.2, 0.25) is 5.91 Å². The molecule has 0 saturated heterocycles. The number of rotatable bonds is 6. The van der Waals surface area contributed by atoms with E-state index in [0.717, 1.165) is 49.0 Å². The number of amides is 1. The third kappa shape index (κ3) is 4.23. The fraction of sp³-hybridized carbons (Fsp3) is 0.500. The van der Waals surface area contributed by atoms with Crippen molar-refractivity contribution in [3.05, 3.63) is 53.6 Å². The Bertz CT molecular complexity index is 946. The number of benzene rings is 2. The Morgan fingerprint density at radius 3 is 2.68 bits per heavy atom. The third-order valence-electron chi connectivity index (χ3n) is 7.08. The molecule has 5 heteroatoms. The molecule has 0 aromatic heterocycles. The molecule has 0 bridgehead atoms. The lowest BCUT2D eigenvalue weighted by molar-refractivity contribution is -0.123. The van der Waals surface area contributed by atoms with Crippen molar-refractivity contribution >= 4 is 5.91 Å². The van der Waals surface area contributed by atoms with Gasteiger partial charge in [-0.25, -0.2) is 0 Å². The zero-order chi connectivity index (χ0) is 21.3. The summed E-state index contributed by atoms with van der Waals surface area (Å²) in [5, 5.41) is 13.6. The predicted molar refractivity (Wildman–Crippen MR) is 118 cm³/mol. The van der Waals surface area contributed by atoms with E-state index in [4.69, 9.17) is 9.47 Å². The number of para-hydroxylation sites is 2. The van der Waals surface area contributed by atoms with E-state index in [1.807, 2.05) is 30.3 Å². The van der Waals surface area contributed by atoms with E-state index in [1.54, 1.807) is 6.07 Å². The highest BCUT2D eigenvalue weighted by Gasteiger charge is 2.45. The Hall–Kier alpha value is -2.69. The lowest BCUT2D eigenvalue weighted by atomic mass is 9.73. The van der Waals surface area contributed by atoms with Crippen LogP contribution in [0.15, 0.2) is 42.5 Å². The van der Waals surface area contributed by atoms with Crippen LogP contribution in [0.4, 0.5) is 0 Å². The Morgan fingerprint density at radius 1 is 1.10 bits per heavy atom. The van der Waals surface area contributed by atoms with Crippen LogP contribution in [0.3, 0.4) is 0 Å². The van der Waals surface area contributed by atoms with Crippen molar-refractivity contribution in [1.29, 1.82) is 0 Å². The van der Waals surface area contributed by atoms with Gasteiger partial charge in [0, 0.05) is 18.4 Å². The smallest absolute Gasteiger partial charge is 0.220 e. The average Bonchev–Trinajstić information content (AvgIpc) is 3.26. The zero-order valence-corrected chi connectivity index (χ0v) is 17.9. The predicted octanol–water partition coefficient (Wildman–Crippen LogP) is 5.21. The van der Waals surface area contributed by atoms with Crippen LogP contribution in [0, 0.1) is 0 Å². The molecule has 164 valence electrons. The summed E-state index contributed by atoms with van der Waals surface area (Å²) in [6.45, 7) is 0. The summed E-state index contributed by atoms with van der Waals surface area (Å²) >= 11 is 0. The lowest BCUT2D eigenvalue weighted by Gasteiger charge is -2.48. The maximum absolute atomic E-state index is 12.9. The highest BCUT2D eigenvalue weighted by Crippen LogP contribution is 2.48. The van der Waals surface area contributed by atoms with Crippen molar-refractivity contribution in [3.63, 3.8) is 0 Å². The van der Waals surface area contributed by atoms with E-state index >= 15 is 0 Å². The molecule has 5 nitrogen and oxygen atoms in total. The first kappa shape index (κ1) is 20.2. The van der Waals surface area contributed by atoms with Gasteiger partial charge in [0.25, 0.3) is 0 Å². The summed E-state index contributed by atoms with van der Waals surface area (Å²) in [5.74, 6) is 1.63. The van der Waals surface area contributed by atoms with Crippen LogP contribution in [0.25, 0.3) is 0 Å². The molecule has 1 aliphatic heterocycles. The van der Waals surface area contributed by atoms with E-state index in [2.05, 4.69) is 11.4 Å². The normalized spacial score (nSPS) is 21.7. The number of aryl methyl sites for hydroxylation is 1. The van der Waals surface area contributed by atoms with E-state index in [1.165, 1.54) is 19.3 Å². The Kier molecular flexibility index (Phi) is 5.51. The van der Waals surface area contributed by atoms with Gasteiger partial charge in [0.05, 0.1) is 12.1 Å². The molecule has 2 fully saturated rings. The second-order valence-corrected chi connectivity index (χ2v) is 9.29. The molecule has 1 amide bonds. The van der Waals surface area contributed by atoms with Gasteiger partial charge < -0.3 is 19.9 Å². The van der Waals surface area contributed by atoms with E-state index in [9.17, 15) is 9.90 Å². The molecule has 2 N–H and O–H groups in total. The molecule has 1 atom stereocenters. The highest BCUT2D eigenvalue weighted by atomic mass is 16.5. The zero-order valence-electron chi connectivity index (χ0n) is 17.9. The van der Waals surface area contributed by atoms with Gasteiger partial charge in [0.15, 0.2) is 11.5 Å². The summed E-state index contributed by atoms with van der Waals surface area (Å²) in [6, 6.07) is 13.5. The van der Waals surface area contributed by atoms with Crippen molar-refractivity contribution in [2.75, 3.05) is 0 Å². The number of phenolic OH excluding ortho intramolecular Hbond substituents is 1. The fourth-order valence-electron chi connectivity index (χ4n) is 5.22. The monoisotopic (exact) mass is 421 g/mol. The van der Waals surface area contributed by atoms with E-state index < -0.39 is 0 Å². The second-order valence-electron chi connectivity index (χ2n) is 9.29. The highest BCUT2D eigenvalue weighted by molar-refractivity contribution is 5.77. The molecule has 5 rings (SSSR count). The van der Waals surface area contributed by atoms with Gasteiger partial charge in [-0.3, -0.25) is 4.79 Å². The van der Waals surface area contributed by atoms with Crippen molar-refractivity contribution in [2.45, 2.75) is 82.0 Å². The number of hydrogen-bond acceptors (Lipinski definition) is 4. The van der Waals surface area contributed by atoms with Gasteiger partial charge in [-0.1, -0.05) is 30.3 Å². The van der Waals surface area contributed by atoms with Gasteiger partial charge in [-0.05, 0) is 69.1 Å². The van der Waals surface area contributed by atoms with Crippen molar-refractivity contribution in [2.24, 2.45) is 0 Å². The molecule has 1 unspecified atom stereocenters. The SMILES string of the molecule is O=C(CCc1cccc(O)c1OC1CCCC1)NC1CC2(CCC2)Oc2ccccc21. The third-order valence-corrected chi connectivity index (χ3v) is 7.08. The summed E-state index contributed by atoms with van der Waals surface area (Å²) in [6.07, 6.45) is 9.58. The molecule has 2 aromatic rings. The number of ether oxygens (including phenoxy) is 2. The summed E-state index contributed by atoms with van der Waals surface area (Å²) in [4.78, 5) is 12.9. The first-order valence-corrected chi connectivity index (χ1v) is 11.7. The number of fused-ring (bicyclic) bond motifs is 1. The van der Waals surface area contributed by atoms with Crippen LogP contribution in [0.1, 0.15) is 75.0 Å². The molecule has 31 heavy (non-hydrogen) atoms. The van der Waals surface area contributed by atoms with Gasteiger partial charge in [0.1, 0.15) is 11.4 Å². The molecule has 2 aliphatic carbocycles. The van der Waals surface area contributed by atoms with Crippen LogP contribution in [0.5, 0.6) is 17.2 Å². The number of aromatic hydroxyl groups is 1. The molecule has 0 radical (unpaired) electrons. The minimum atomic E-state index is -0.111. The van der Waals surface area contributed by atoms with E-state index in [0.29, 0.717) is 18.6 Å². The average molecular weight is 422 g/mol. The van der Waals surface area contributed by atoms with Gasteiger partial charge in [-0.15, -0.1) is 0 Å². The number of carbonyl (C=O) groups excluding carboxylic acids is 1. The second kappa shape index (κ2) is 8.45. The standard InChI is InChI=1S/C26H31NO4/c28-22-11-5-7-18(25(22)30-19-8-1-2-9-19)13-14-24(29)27-21-17-26(15-6-16-26)31-23-12-4-3-10-20(21)23/h3-5,7,10-12,19,21,28H,1-2,6,8-9,13-17H2,(H,27,29). The Balaban J connectivity index is 1.25. The number of carbonyl (C=O) groups is 1. The van der Waals surface area contributed by atoms with Gasteiger partial charge in [-0.2, -0.15) is 0 Å². The summed E-state index contributed by atoms with van der Waals surface area (Å²) < 4.78 is 12.4. The van der Waals surface area contributed by atoms with Crippen molar-refractivity contribution in [1.82, 2.24) is 5.32 Å². The summed E-state index contributed by atoms with van der Waals surface area (Å²) in [7, 11) is 0. The Morgan fingerprint density at radius 2 is 1.90 bits per heavy atom. The van der Waals surface area contributed by atoms with E-state index in [-0.39, 0.29) is 29.4 Å². The maximum atomic E-state index is 12.9. The number of hydrogen-bond donors (Lipinski definition) is 2. The number of phenols is 1. The molecular weight excluding hydrogens is 390 g/mol. The van der Waals surface area contributed by atoms with Crippen LogP contribution >= 0.6 is 0 Å². The quantitative estimate of drug-likeness (QED) is 0.672. The topological polar surface area (TPSA) is 67.8 Å². The fourth-order valence-corrected chi connectivity index (χ4v) is 5.22. The molecule has 3 aliphatic rings. The van der Waals surface area contributed by atoms with Crippen LogP contribution in [-0.2, 0) is 11.2 Å². The first-order chi connectivity index (χ1) is 15.1. The minimum absolute atomic E-state index is 0.0175. The molecule has 1 spiro atoms. The minimum Gasteiger partial charge on any atom is -0.504 e. The van der Waals surface area contributed by atoms with Crippen LogP contribution in [0.2, 0.25) is 0 Å². The molecule has 2 saturated carbocycles. The van der Waals surface area contributed by atoms with Crippen molar-refractivity contribution in [3.8, 4) is 17.2 Å².